The van der Waals surface area contributed by atoms with Gasteiger partial charge < -0.3 is 14.6 Å². The van der Waals surface area contributed by atoms with Gasteiger partial charge in [-0.3, -0.25) is 4.90 Å². The number of aryl methyl sites for hydroxylation is 1. The van der Waals surface area contributed by atoms with Crippen LogP contribution in [0.2, 0.25) is 0 Å². The number of methoxy groups -OCH3 is 1. The van der Waals surface area contributed by atoms with Gasteiger partial charge in [0.15, 0.2) is 0 Å². The predicted molar refractivity (Wildman–Crippen MR) is 143 cm³/mol. The molecule has 7 heteroatoms. The Morgan fingerprint density at radius 1 is 1.00 bits per heavy atom. The molecule has 0 saturated heterocycles. The van der Waals surface area contributed by atoms with Crippen LogP contribution in [0.4, 0.5) is 4.79 Å². The number of aromatic nitrogens is 2. The number of allylic oxidation sites excluding steroid dienone is 1. The summed E-state index contributed by atoms with van der Waals surface area (Å²) in [4.78, 5) is 19.8. The van der Waals surface area contributed by atoms with E-state index in [1.807, 2.05) is 61.5 Å². The molecule has 0 bridgehead atoms. The predicted octanol–water partition coefficient (Wildman–Crippen LogP) is 6.05. The first kappa shape index (κ1) is 24.3. The van der Waals surface area contributed by atoms with Gasteiger partial charge in [0.2, 0.25) is 5.82 Å². The molecule has 0 spiro atoms. The zero-order chi connectivity index (χ0) is 25.8. The highest BCUT2D eigenvalue weighted by Crippen LogP contribution is 2.38. The van der Waals surface area contributed by atoms with Crippen molar-refractivity contribution in [2.45, 2.75) is 32.7 Å². The quantitative estimate of drug-likeness (QED) is 0.323. The molecule has 0 radical (unpaired) electrons. The molecule has 4 aromatic rings. The van der Waals surface area contributed by atoms with E-state index in [0.717, 1.165) is 40.8 Å². The molecule has 2 amide bonds. The van der Waals surface area contributed by atoms with E-state index in [2.05, 4.69) is 41.7 Å². The summed E-state index contributed by atoms with van der Waals surface area (Å²) in [7, 11) is 1.62. The Morgan fingerprint density at radius 2 is 1.78 bits per heavy atom. The van der Waals surface area contributed by atoms with Crippen LogP contribution in [0.25, 0.3) is 17.0 Å². The molecule has 37 heavy (non-hydrogen) atoms. The van der Waals surface area contributed by atoms with Crippen molar-refractivity contribution in [3.8, 4) is 17.1 Å². The van der Waals surface area contributed by atoms with Crippen LogP contribution in [0.1, 0.15) is 42.5 Å². The normalized spacial score (nSPS) is 15.6. The second-order valence-electron chi connectivity index (χ2n) is 9.02. The van der Waals surface area contributed by atoms with E-state index in [1.165, 1.54) is 5.56 Å². The van der Waals surface area contributed by atoms with E-state index in [1.54, 1.807) is 12.0 Å². The molecule has 2 heterocycles. The SMILES string of the molecule is CCc1ccc(-c2noc(C3=C(C)N(CCc4ccccc4)C(=O)NC3c3cccc(OC)c3)n2)cc1. The third-order valence-corrected chi connectivity index (χ3v) is 6.77. The fraction of sp³-hybridized carbons (Fsp3) is 0.233. The maximum atomic E-state index is 13.3. The van der Waals surface area contributed by atoms with Crippen LogP contribution in [0.3, 0.4) is 0 Å². The highest BCUT2D eigenvalue weighted by molar-refractivity contribution is 5.87. The van der Waals surface area contributed by atoms with Gasteiger partial charge in [0.25, 0.3) is 5.89 Å². The van der Waals surface area contributed by atoms with Crippen molar-refractivity contribution in [3.63, 3.8) is 0 Å². The van der Waals surface area contributed by atoms with E-state index < -0.39 is 6.04 Å². The third-order valence-electron chi connectivity index (χ3n) is 6.77. The number of rotatable bonds is 8. The minimum atomic E-state index is -0.466. The first-order valence-electron chi connectivity index (χ1n) is 12.5. The standard InChI is InChI=1S/C30H30N4O3/c1-4-21-13-15-23(16-14-21)28-32-29(37-33-28)26-20(2)34(18-17-22-9-6-5-7-10-22)30(35)31-27(26)24-11-8-12-25(19-24)36-3/h5-16,19,27H,4,17-18H2,1-3H3,(H,31,35). The first-order valence-corrected chi connectivity index (χ1v) is 12.5. The van der Waals surface area contributed by atoms with E-state index >= 15 is 0 Å². The van der Waals surface area contributed by atoms with Crippen LogP contribution in [0.15, 0.2) is 89.1 Å². The van der Waals surface area contributed by atoms with Crippen LogP contribution >= 0.6 is 0 Å². The van der Waals surface area contributed by atoms with E-state index in [-0.39, 0.29) is 6.03 Å². The van der Waals surface area contributed by atoms with Gasteiger partial charge in [-0.25, -0.2) is 4.79 Å². The Labute approximate surface area is 216 Å². The van der Waals surface area contributed by atoms with E-state index in [9.17, 15) is 4.79 Å². The number of benzene rings is 3. The highest BCUT2D eigenvalue weighted by Gasteiger charge is 2.35. The minimum absolute atomic E-state index is 0.167. The average Bonchev–Trinajstić information content (AvgIpc) is 3.43. The van der Waals surface area contributed by atoms with Crippen LogP contribution in [0.5, 0.6) is 5.75 Å². The number of urea groups is 1. The first-order chi connectivity index (χ1) is 18.1. The molecule has 0 aliphatic carbocycles. The summed E-state index contributed by atoms with van der Waals surface area (Å²) in [5.74, 6) is 1.59. The van der Waals surface area contributed by atoms with Gasteiger partial charge in [-0.1, -0.05) is 78.8 Å². The smallest absolute Gasteiger partial charge is 0.322 e. The average molecular weight is 495 g/mol. The molecule has 7 nitrogen and oxygen atoms in total. The highest BCUT2D eigenvalue weighted by atomic mass is 16.5. The second kappa shape index (κ2) is 10.7. The summed E-state index contributed by atoms with van der Waals surface area (Å²) in [6.45, 7) is 4.58. The summed E-state index contributed by atoms with van der Waals surface area (Å²) in [5.41, 5.74) is 5.71. The molecule has 5 rings (SSSR count). The fourth-order valence-corrected chi connectivity index (χ4v) is 4.62. The number of nitrogens with one attached hydrogen (secondary N) is 1. The van der Waals surface area contributed by atoms with Crippen LogP contribution in [-0.4, -0.2) is 34.7 Å². The number of ether oxygens (including phenoxy) is 1. The van der Waals surface area contributed by atoms with Crippen molar-refractivity contribution < 1.29 is 14.1 Å². The Morgan fingerprint density at radius 3 is 2.51 bits per heavy atom. The van der Waals surface area contributed by atoms with Gasteiger partial charge in [-0.15, -0.1) is 0 Å². The molecule has 188 valence electrons. The van der Waals surface area contributed by atoms with Gasteiger partial charge in [0, 0.05) is 17.8 Å². The van der Waals surface area contributed by atoms with E-state index in [0.29, 0.717) is 24.0 Å². The van der Waals surface area contributed by atoms with Gasteiger partial charge in [-0.05, 0) is 48.6 Å². The molecular formula is C30H30N4O3. The molecule has 1 N–H and O–H groups in total. The Bertz CT molecular complexity index is 1410. The lowest BCUT2D eigenvalue weighted by Gasteiger charge is -2.35. The monoisotopic (exact) mass is 494 g/mol. The zero-order valence-corrected chi connectivity index (χ0v) is 21.3. The number of hydrogen-bond acceptors (Lipinski definition) is 5. The van der Waals surface area contributed by atoms with Gasteiger partial charge in [0.05, 0.1) is 18.7 Å². The van der Waals surface area contributed by atoms with Crippen LogP contribution in [0, 0.1) is 0 Å². The summed E-state index contributed by atoms with van der Waals surface area (Å²) in [6.07, 6.45) is 1.69. The molecule has 1 aliphatic heterocycles. The zero-order valence-electron chi connectivity index (χ0n) is 21.3. The Hall–Kier alpha value is -4.39. The number of nitrogens with zero attached hydrogens (tertiary/aromatic N) is 3. The van der Waals surface area contributed by atoms with Crippen molar-refractivity contribution in [1.82, 2.24) is 20.4 Å². The van der Waals surface area contributed by atoms with Crippen LogP contribution < -0.4 is 10.1 Å². The number of amides is 2. The topological polar surface area (TPSA) is 80.5 Å². The molecule has 1 aliphatic rings. The van der Waals surface area contributed by atoms with Gasteiger partial charge >= 0.3 is 6.03 Å². The maximum absolute atomic E-state index is 13.3. The molecule has 3 aromatic carbocycles. The molecular weight excluding hydrogens is 464 g/mol. The fourth-order valence-electron chi connectivity index (χ4n) is 4.62. The number of hydrogen-bond donors (Lipinski definition) is 1. The lowest BCUT2D eigenvalue weighted by atomic mass is 9.94. The van der Waals surface area contributed by atoms with Gasteiger partial charge in [0.1, 0.15) is 5.75 Å². The molecule has 1 aromatic heterocycles. The largest absolute Gasteiger partial charge is 0.497 e. The molecule has 1 atom stereocenters. The molecule has 0 fully saturated rings. The third kappa shape index (κ3) is 5.11. The Balaban J connectivity index is 1.54. The summed E-state index contributed by atoms with van der Waals surface area (Å²) >= 11 is 0. The maximum Gasteiger partial charge on any atom is 0.322 e. The van der Waals surface area contributed by atoms with E-state index in [4.69, 9.17) is 14.2 Å². The Kier molecular flexibility index (Phi) is 7.03. The molecule has 0 saturated carbocycles. The summed E-state index contributed by atoms with van der Waals surface area (Å²) < 4.78 is 11.3. The van der Waals surface area contributed by atoms with Gasteiger partial charge in [-0.2, -0.15) is 4.98 Å². The van der Waals surface area contributed by atoms with Crippen molar-refractivity contribution >= 4 is 11.6 Å². The second-order valence-corrected chi connectivity index (χ2v) is 9.02. The lowest BCUT2D eigenvalue weighted by Crippen LogP contribution is -2.46. The lowest BCUT2D eigenvalue weighted by molar-refractivity contribution is 0.205. The summed E-state index contributed by atoms with van der Waals surface area (Å²) in [6, 6.07) is 25.3. The number of carbonyl (C=O) groups excluding carboxylic acids is 1. The van der Waals surface area contributed by atoms with Crippen molar-refractivity contribution in [1.29, 1.82) is 0 Å². The number of carbonyl (C=O) groups is 1. The van der Waals surface area contributed by atoms with Crippen molar-refractivity contribution in [2.24, 2.45) is 0 Å². The summed E-state index contributed by atoms with van der Waals surface area (Å²) in [5, 5.41) is 7.43. The van der Waals surface area contributed by atoms with Crippen LogP contribution in [-0.2, 0) is 12.8 Å². The van der Waals surface area contributed by atoms with Crippen molar-refractivity contribution in [3.05, 3.63) is 107 Å². The minimum Gasteiger partial charge on any atom is -0.497 e. The molecule has 1 unspecified atom stereocenters. The van der Waals surface area contributed by atoms with Crippen molar-refractivity contribution in [2.75, 3.05) is 13.7 Å².